The van der Waals surface area contributed by atoms with Gasteiger partial charge in [0, 0.05) is 25.3 Å². The molecule has 4 heterocycles. The fraction of sp³-hybridized carbons (Fsp3) is 0.542. The Morgan fingerprint density at radius 2 is 2.00 bits per heavy atom. The van der Waals surface area contributed by atoms with E-state index in [-0.39, 0.29) is 5.41 Å². The van der Waals surface area contributed by atoms with Crippen LogP contribution in [0, 0.1) is 5.41 Å². The third-order valence-corrected chi connectivity index (χ3v) is 7.29. The molecule has 2 aliphatic heterocycles. The van der Waals surface area contributed by atoms with Crippen LogP contribution in [0.25, 0.3) is 11.2 Å². The van der Waals surface area contributed by atoms with Gasteiger partial charge in [0.2, 0.25) is 0 Å². The second-order valence-corrected chi connectivity index (χ2v) is 9.46. The average Bonchev–Trinajstić information content (AvgIpc) is 3.23. The molecular weight excluding hydrogens is 386 g/mol. The van der Waals surface area contributed by atoms with Crippen molar-refractivity contribution in [1.29, 1.82) is 0 Å². The van der Waals surface area contributed by atoms with E-state index in [1.807, 2.05) is 6.20 Å². The Kier molecular flexibility index (Phi) is 5.30. The molecule has 1 unspecified atom stereocenters. The number of nitrogens with two attached hydrogens (primary N) is 1. The largest absolute Gasteiger partial charge is 0.355 e. The summed E-state index contributed by atoms with van der Waals surface area (Å²) in [5.41, 5.74) is 10.5. The Morgan fingerprint density at radius 3 is 2.77 bits per heavy atom. The summed E-state index contributed by atoms with van der Waals surface area (Å²) in [4.78, 5) is 14.3. The molecule has 5 rings (SSSR count). The molecule has 31 heavy (non-hydrogen) atoms. The van der Waals surface area contributed by atoms with Crippen molar-refractivity contribution in [3.8, 4) is 0 Å². The zero-order valence-corrected chi connectivity index (χ0v) is 18.6. The number of para-hydroxylation sites is 1. The van der Waals surface area contributed by atoms with E-state index in [1.54, 1.807) is 0 Å². The van der Waals surface area contributed by atoms with Crippen LogP contribution in [0.15, 0.2) is 30.5 Å². The predicted molar refractivity (Wildman–Crippen MR) is 126 cm³/mol. The Balaban J connectivity index is 1.43. The molecule has 2 aromatic heterocycles. The molecule has 3 aromatic rings. The monoisotopic (exact) mass is 419 g/mol. The average molecular weight is 420 g/mol. The lowest BCUT2D eigenvalue weighted by atomic mass is 9.80. The van der Waals surface area contributed by atoms with Crippen LogP contribution >= 0.6 is 0 Å². The van der Waals surface area contributed by atoms with Crippen LogP contribution in [-0.2, 0) is 0 Å². The molecule has 0 spiro atoms. The van der Waals surface area contributed by atoms with Gasteiger partial charge in [0.15, 0.2) is 17.0 Å². The number of fused-ring (bicyclic) bond motifs is 2. The molecule has 7 nitrogen and oxygen atoms in total. The molecule has 1 aromatic carbocycles. The van der Waals surface area contributed by atoms with Crippen molar-refractivity contribution in [1.82, 2.24) is 20.2 Å². The first kappa shape index (κ1) is 20.2. The van der Waals surface area contributed by atoms with Crippen molar-refractivity contribution in [2.45, 2.75) is 51.9 Å². The third-order valence-electron chi connectivity index (χ3n) is 7.29. The first-order valence-electron chi connectivity index (χ1n) is 11.6. The molecule has 0 amide bonds. The van der Waals surface area contributed by atoms with Crippen LogP contribution < -0.4 is 15.5 Å². The van der Waals surface area contributed by atoms with Crippen LogP contribution in [0.2, 0.25) is 0 Å². The summed E-state index contributed by atoms with van der Waals surface area (Å²) in [6, 6.07) is 8.74. The van der Waals surface area contributed by atoms with E-state index in [2.05, 4.69) is 58.1 Å². The lowest BCUT2D eigenvalue weighted by molar-refractivity contribution is 0.258. The van der Waals surface area contributed by atoms with Crippen molar-refractivity contribution >= 4 is 28.5 Å². The number of nitrogens with zero attached hydrogens (tertiary/aromatic N) is 5. The van der Waals surface area contributed by atoms with Crippen LogP contribution in [0.1, 0.15) is 57.4 Å². The topological polar surface area (TPSA) is 87.0 Å². The maximum atomic E-state index is 5.96. The zero-order valence-electron chi connectivity index (χ0n) is 18.6. The highest BCUT2D eigenvalue weighted by molar-refractivity contribution is 5.87. The molecule has 0 aliphatic carbocycles. The summed E-state index contributed by atoms with van der Waals surface area (Å²) in [6.07, 6.45) is 7.65. The molecule has 1 saturated heterocycles. The number of H-pyrrole nitrogens is 1. The fourth-order valence-corrected chi connectivity index (χ4v) is 5.11. The quantitative estimate of drug-likeness (QED) is 0.640. The van der Waals surface area contributed by atoms with E-state index < -0.39 is 0 Å². The van der Waals surface area contributed by atoms with Gasteiger partial charge in [-0.25, -0.2) is 9.97 Å². The molecule has 0 saturated carbocycles. The number of anilines is 3. The van der Waals surface area contributed by atoms with E-state index in [4.69, 9.17) is 15.7 Å². The van der Waals surface area contributed by atoms with E-state index in [1.165, 1.54) is 24.1 Å². The van der Waals surface area contributed by atoms with Gasteiger partial charge < -0.3 is 15.5 Å². The van der Waals surface area contributed by atoms with Crippen molar-refractivity contribution in [3.63, 3.8) is 0 Å². The molecule has 3 N–H and O–H groups in total. The van der Waals surface area contributed by atoms with Crippen LogP contribution in [-0.4, -0.2) is 46.3 Å². The Hall–Kier alpha value is -2.67. The van der Waals surface area contributed by atoms with Crippen molar-refractivity contribution < 1.29 is 0 Å². The van der Waals surface area contributed by atoms with Gasteiger partial charge in [-0.15, -0.1) is 0 Å². The molecule has 1 fully saturated rings. The second-order valence-electron chi connectivity index (χ2n) is 9.46. The minimum Gasteiger partial charge on any atom is -0.355 e. The molecule has 7 heteroatoms. The van der Waals surface area contributed by atoms with E-state index in [9.17, 15) is 0 Å². The molecule has 2 aliphatic rings. The summed E-state index contributed by atoms with van der Waals surface area (Å²) in [5.74, 6) is 2.42. The van der Waals surface area contributed by atoms with Crippen LogP contribution in [0.4, 0.5) is 17.3 Å². The highest BCUT2D eigenvalue weighted by Gasteiger charge is 2.31. The highest BCUT2D eigenvalue weighted by Crippen LogP contribution is 2.42. The summed E-state index contributed by atoms with van der Waals surface area (Å²) in [7, 11) is 0. The van der Waals surface area contributed by atoms with Crippen molar-refractivity contribution in [2.24, 2.45) is 11.1 Å². The summed E-state index contributed by atoms with van der Waals surface area (Å²) >= 11 is 0. The van der Waals surface area contributed by atoms with Gasteiger partial charge in [0.25, 0.3) is 0 Å². The number of benzene rings is 1. The van der Waals surface area contributed by atoms with Gasteiger partial charge in [-0.05, 0) is 55.2 Å². The first-order chi connectivity index (χ1) is 15.1. The van der Waals surface area contributed by atoms with Crippen LogP contribution in [0.5, 0.6) is 0 Å². The summed E-state index contributed by atoms with van der Waals surface area (Å²) < 4.78 is 0. The number of aromatic amines is 1. The lowest BCUT2D eigenvalue weighted by Gasteiger charge is -2.39. The normalized spacial score (nSPS) is 20.8. The highest BCUT2D eigenvalue weighted by atomic mass is 15.3. The second kappa shape index (κ2) is 8.11. The summed E-state index contributed by atoms with van der Waals surface area (Å²) in [5, 5.41) is 7.80. The van der Waals surface area contributed by atoms with Crippen molar-refractivity contribution in [3.05, 3.63) is 36.0 Å². The van der Waals surface area contributed by atoms with E-state index >= 15 is 0 Å². The number of aromatic nitrogens is 4. The van der Waals surface area contributed by atoms with Gasteiger partial charge in [-0.3, -0.25) is 5.10 Å². The minimum atomic E-state index is 0.243. The number of hydrogen-bond acceptors (Lipinski definition) is 6. The minimum absolute atomic E-state index is 0.243. The van der Waals surface area contributed by atoms with Crippen molar-refractivity contribution in [2.75, 3.05) is 36.0 Å². The number of rotatable bonds is 5. The van der Waals surface area contributed by atoms with Gasteiger partial charge >= 0.3 is 0 Å². The molecule has 0 bridgehead atoms. The standard InChI is InChI=1S/C24H33N7/c1-3-6-17-9-12-31(19-8-5-4-7-18(17)19)23-21-22(28-29-23)27-20(15-26-21)30-13-10-24(2,16-25)11-14-30/h4-5,7-8,15,17H,3,6,9-14,16,25H2,1-2H3,(H,27,28,29). The Bertz CT molecular complexity index is 1050. The molecule has 0 radical (unpaired) electrons. The Morgan fingerprint density at radius 1 is 1.19 bits per heavy atom. The third kappa shape index (κ3) is 3.65. The van der Waals surface area contributed by atoms with Gasteiger partial charge in [-0.2, -0.15) is 5.10 Å². The maximum Gasteiger partial charge on any atom is 0.183 e. The van der Waals surface area contributed by atoms with Gasteiger partial charge in [-0.1, -0.05) is 38.5 Å². The maximum absolute atomic E-state index is 5.96. The number of piperidine rings is 1. The lowest BCUT2D eigenvalue weighted by Crippen LogP contribution is -2.42. The molecule has 164 valence electrons. The van der Waals surface area contributed by atoms with E-state index in [0.717, 1.165) is 68.2 Å². The number of nitrogens with one attached hydrogen (secondary N) is 1. The number of hydrogen-bond donors (Lipinski definition) is 2. The van der Waals surface area contributed by atoms with Gasteiger partial charge in [0.05, 0.1) is 6.20 Å². The first-order valence-corrected chi connectivity index (χ1v) is 11.6. The zero-order chi connectivity index (χ0) is 21.4. The molecular formula is C24H33N7. The van der Waals surface area contributed by atoms with Gasteiger partial charge in [0.1, 0.15) is 5.82 Å². The SMILES string of the molecule is CCCC1CCN(c2n[nH]c3nc(N4CCC(C)(CN)CC4)cnc23)c2ccccc21. The fourth-order valence-electron chi connectivity index (χ4n) is 5.11. The molecule has 1 atom stereocenters. The van der Waals surface area contributed by atoms with Crippen LogP contribution in [0.3, 0.4) is 0 Å². The Labute approximate surface area is 184 Å². The smallest absolute Gasteiger partial charge is 0.183 e. The summed E-state index contributed by atoms with van der Waals surface area (Å²) in [6.45, 7) is 8.17. The predicted octanol–water partition coefficient (Wildman–Crippen LogP) is 4.34. The van der Waals surface area contributed by atoms with E-state index in [0.29, 0.717) is 5.92 Å².